The van der Waals surface area contributed by atoms with Gasteiger partial charge in [-0.3, -0.25) is 0 Å². The highest BCUT2D eigenvalue weighted by Crippen LogP contribution is 2.48. The third-order valence-electron chi connectivity index (χ3n) is 3.89. The third-order valence-corrected chi connectivity index (χ3v) is 3.89. The van der Waals surface area contributed by atoms with Crippen LogP contribution in [0.5, 0.6) is 0 Å². The maximum absolute atomic E-state index is 9.07. The van der Waals surface area contributed by atoms with E-state index in [1.807, 2.05) is 18.2 Å². The molecule has 0 amide bonds. The van der Waals surface area contributed by atoms with Crippen LogP contribution in [-0.4, -0.2) is 28.2 Å². The van der Waals surface area contributed by atoms with Gasteiger partial charge in [-0.15, -0.1) is 0 Å². The number of aromatic nitrogens is 2. The highest BCUT2D eigenvalue weighted by atomic mass is 16.3. The lowest BCUT2D eigenvalue weighted by Gasteiger charge is -2.15. The number of hydrogen-bond acceptors (Lipinski definition) is 5. The van der Waals surface area contributed by atoms with E-state index in [-0.39, 0.29) is 12.0 Å². The molecule has 0 bridgehead atoms. The third kappa shape index (κ3) is 2.46. The number of nitrogen functional groups attached to an aromatic ring is 1. The van der Waals surface area contributed by atoms with Gasteiger partial charge in [-0.05, 0) is 42.9 Å². The summed E-state index contributed by atoms with van der Waals surface area (Å²) in [6.07, 6.45) is 4.76. The van der Waals surface area contributed by atoms with E-state index in [2.05, 4.69) is 15.3 Å². The van der Waals surface area contributed by atoms with Gasteiger partial charge in [-0.1, -0.05) is 0 Å². The minimum absolute atomic E-state index is 0.253. The highest BCUT2D eigenvalue weighted by molar-refractivity contribution is 5.90. The van der Waals surface area contributed by atoms with Crippen molar-refractivity contribution < 1.29 is 5.11 Å². The molecule has 1 saturated carbocycles. The second-order valence-electron chi connectivity index (χ2n) is 5.33. The van der Waals surface area contributed by atoms with Crippen molar-refractivity contribution in [3.05, 3.63) is 24.5 Å². The molecule has 3 rings (SSSR count). The van der Waals surface area contributed by atoms with Gasteiger partial charge < -0.3 is 16.2 Å². The maximum atomic E-state index is 9.07. The number of rotatable bonds is 5. The summed E-state index contributed by atoms with van der Waals surface area (Å²) in [4.78, 5) is 8.53. The molecule has 1 fully saturated rings. The van der Waals surface area contributed by atoms with E-state index in [9.17, 15) is 0 Å². The number of nitrogens with one attached hydrogen (secondary N) is 1. The molecule has 5 heteroatoms. The average Bonchev–Trinajstić information content (AvgIpc) is 3.16. The van der Waals surface area contributed by atoms with Crippen LogP contribution in [0.3, 0.4) is 0 Å². The molecule has 19 heavy (non-hydrogen) atoms. The minimum atomic E-state index is 0.253. The lowest BCUT2D eigenvalue weighted by Crippen LogP contribution is -2.17. The Morgan fingerprint density at radius 1 is 1.32 bits per heavy atom. The summed E-state index contributed by atoms with van der Waals surface area (Å²) in [5.74, 6) is 0.842. The smallest absolute Gasteiger partial charge is 0.137 e. The van der Waals surface area contributed by atoms with Gasteiger partial charge in [0.1, 0.15) is 12.1 Å². The fraction of sp³-hybridized carbons (Fsp3) is 0.429. The van der Waals surface area contributed by atoms with Gasteiger partial charge in [0.05, 0.1) is 5.52 Å². The van der Waals surface area contributed by atoms with Crippen LogP contribution in [0.4, 0.5) is 11.5 Å². The zero-order valence-electron chi connectivity index (χ0n) is 10.8. The minimum Gasteiger partial charge on any atom is -0.399 e. The molecule has 0 radical (unpaired) electrons. The van der Waals surface area contributed by atoms with Gasteiger partial charge in [-0.25, -0.2) is 9.97 Å². The fourth-order valence-corrected chi connectivity index (χ4v) is 2.42. The van der Waals surface area contributed by atoms with Crippen molar-refractivity contribution in [2.45, 2.75) is 19.3 Å². The van der Waals surface area contributed by atoms with Crippen molar-refractivity contribution in [1.29, 1.82) is 0 Å². The van der Waals surface area contributed by atoms with Gasteiger partial charge in [-0.2, -0.15) is 0 Å². The first-order valence-electron chi connectivity index (χ1n) is 6.57. The number of nitrogens with two attached hydrogens (primary N) is 1. The topological polar surface area (TPSA) is 84.1 Å². The molecule has 0 unspecified atom stereocenters. The second-order valence-corrected chi connectivity index (χ2v) is 5.33. The standard InChI is InChI=1S/C14H18N4O/c15-10-1-2-11-12(7-10)17-9-18-13(11)16-8-14(3-4-14)5-6-19/h1-2,7,9,19H,3-6,8,15H2,(H,16,17,18). The first-order valence-corrected chi connectivity index (χ1v) is 6.57. The van der Waals surface area contributed by atoms with Crippen LogP contribution < -0.4 is 11.1 Å². The molecule has 4 N–H and O–H groups in total. The summed E-state index contributed by atoms with van der Waals surface area (Å²) >= 11 is 0. The Bertz CT molecular complexity index is 595. The first-order chi connectivity index (χ1) is 9.22. The van der Waals surface area contributed by atoms with Gasteiger partial charge in [0.15, 0.2) is 0 Å². The quantitative estimate of drug-likeness (QED) is 0.712. The van der Waals surface area contributed by atoms with Crippen LogP contribution in [0.1, 0.15) is 19.3 Å². The van der Waals surface area contributed by atoms with Crippen LogP contribution in [-0.2, 0) is 0 Å². The molecule has 0 atom stereocenters. The monoisotopic (exact) mass is 258 g/mol. The van der Waals surface area contributed by atoms with E-state index in [0.717, 1.165) is 29.7 Å². The molecule has 2 aromatic rings. The van der Waals surface area contributed by atoms with Crippen molar-refractivity contribution in [1.82, 2.24) is 9.97 Å². The number of hydrogen-bond donors (Lipinski definition) is 3. The Morgan fingerprint density at radius 3 is 2.89 bits per heavy atom. The number of anilines is 2. The lowest BCUT2D eigenvalue weighted by molar-refractivity contribution is 0.253. The van der Waals surface area contributed by atoms with Gasteiger partial charge in [0, 0.05) is 24.2 Å². The Balaban J connectivity index is 1.81. The zero-order valence-corrected chi connectivity index (χ0v) is 10.8. The summed E-state index contributed by atoms with van der Waals surface area (Å²) in [5.41, 5.74) is 7.58. The molecule has 0 spiro atoms. The van der Waals surface area contributed by atoms with E-state index in [0.29, 0.717) is 5.69 Å². The Hall–Kier alpha value is -1.88. The van der Waals surface area contributed by atoms with Crippen LogP contribution in [0.15, 0.2) is 24.5 Å². The molecular weight excluding hydrogens is 240 g/mol. The van der Waals surface area contributed by atoms with E-state index in [4.69, 9.17) is 10.8 Å². The van der Waals surface area contributed by atoms with Crippen molar-refractivity contribution >= 4 is 22.4 Å². The predicted octanol–water partition coefficient (Wildman–Crippen LogP) is 1.79. The lowest BCUT2D eigenvalue weighted by atomic mass is 10.0. The fourth-order valence-electron chi connectivity index (χ4n) is 2.42. The second kappa shape index (κ2) is 4.66. The number of aliphatic hydroxyl groups is 1. The maximum Gasteiger partial charge on any atom is 0.137 e. The van der Waals surface area contributed by atoms with Crippen molar-refractivity contribution in [3.63, 3.8) is 0 Å². The predicted molar refractivity (Wildman–Crippen MR) is 75.8 cm³/mol. The van der Waals surface area contributed by atoms with Crippen LogP contribution in [0.2, 0.25) is 0 Å². The number of nitrogens with zero attached hydrogens (tertiary/aromatic N) is 2. The molecule has 1 aromatic carbocycles. The van der Waals surface area contributed by atoms with Crippen LogP contribution in [0, 0.1) is 5.41 Å². The summed E-state index contributed by atoms with van der Waals surface area (Å²) in [6, 6.07) is 5.65. The largest absolute Gasteiger partial charge is 0.399 e. The number of aliphatic hydroxyl groups excluding tert-OH is 1. The Kier molecular flexibility index (Phi) is 2.98. The Morgan fingerprint density at radius 2 is 2.16 bits per heavy atom. The highest BCUT2D eigenvalue weighted by Gasteiger charge is 2.41. The molecule has 1 aliphatic rings. The van der Waals surface area contributed by atoms with E-state index in [1.165, 1.54) is 12.8 Å². The summed E-state index contributed by atoms with van der Waals surface area (Å²) in [6.45, 7) is 1.10. The number of benzene rings is 1. The first kappa shape index (κ1) is 12.2. The molecule has 1 heterocycles. The summed E-state index contributed by atoms with van der Waals surface area (Å²) < 4.78 is 0. The SMILES string of the molecule is Nc1ccc2c(NCC3(CCO)CC3)ncnc2c1. The molecule has 100 valence electrons. The molecule has 0 aliphatic heterocycles. The molecular formula is C14H18N4O. The molecule has 1 aliphatic carbocycles. The number of fused-ring (bicyclic) bond motifs is 1. The van der Waals surface area contributed by atoms with E-state index >= 15 is 0 Å². The average molecular weight is 258 g/mol. The Labute approximate surface area is 111 Å². The van der Waals surface area contributed by atoms with Crippen LogP contribution >= 0.6 is 0 Å². The molecule has 1 aromatic heterocycles. The summed E-state index contributed by atoms with van der Waals surface area (Å²) in [5, 5.41) is 13.4. The normalized spacial score (nSPS) is 16.5. The van der Waals surface area contributed by atoms with Crippen molar-refractivity contribution in [2.75, 3.05) is 24.2 Å². The van der Waals surface area contributed by atoms with Crippen LogP contribution in [0.25, 0.3) is 10.9 Å². The van der Waals surface area contributed by atoms with Crippen molar-refractivity contribution in [2.24, 2.45) is 5.41 Å². The zero-order chi connectivity index (χ0) is 13.3. The van der Waals surface area contributed by atoms with Gasteiger partial charge in [0.2, 0.25) is 0 Å². The van der Waals surface area contributed by atoms with Crippen molar-refractivity contribution in [3.8, 4) is 0 Å². The van der Waals surface area contributed by atoms with Gasteiger partial charge >= 0.3 is 0 Å². The van der Waals surface area contributed by atoms with Gasteiger partial charge in [0.25, 0.3) is 0 Å². The van der Waals surface area contributed by atoms with E-state index < -0.39 is 0 Å². The van der Waals surface area contributed by atoms with E-state index in [1.54, 1.807) is 6.33 Å². The molecule has 0 saturated heterocycles. The molecule has 5 nitrogen and oxygen atoms in total. The summed E-state index contributed by atoms with van der Waals surface area (Å²) in [7, 11) is 0.